The van der Waals surface area contributed by atoms with E-state index in [1.807, 2.05) is 0 Å². The van der Waals surface area contributed by atoms with Crippen molar-refractivity contribution in [2.75, 3.05) is 11.9 Å². The number of carbonyl (C=O) groups is 3. The fraction of sp³-hybridized carbons (Fsp3) is 0.167. The summed E-state index contributed by atoms with van der Waals surface area (Å²) < 4.78 is 5.44. The molecule has 0 unspecified atom stereocenters. The van der Waals surface area contributed by atoms with Gasteiger partial charge in [-0.1, -0.05) is 6.07 Å². The van der Waals surface area contributed by atoms with E-state index in [0.29, 0.717) is 17.0 Å². The molecule has 0 bridgehead atoms. The number of hydrogen-bond donors (Lipinski definition) is 2. The van der Waals surface area contributed by atoms with Crippen LogP contribution in [-0.4, -0.2) is 29.9 Å². The zero-order chi connectivity index (χ0) is 17.5. The van der Waals surface area contributed by atoms with Crippen LogP contribution in [0, 0.1) is 6.92 Å². The maximum atomic E-state index is 12.0. The van der Waals surface area contributed by atoms with Gasteiger partial charge in [-0.3, -0.25) is 9.59 Å². The Morgan fingerprint density at radius 3 is 2.50 bits per heavy atom. The molecule has 0 saturated heterocycles. The van der Waals surface area contributed by atoms with E-state index in [2.05, 4.69) is 5.32 Å². The van der Waals surface area contributed by atoms with Gasteiger partial charge in [-0.15, -0.1) is 0 Å². The molecule has 1 amide bonds. The maximum Gasteiger partial charge on any atom is 0.335 e. The first kappa shape index (κ1) is 17.2. The van der Waals surface area contributed by atoms with Crippen molar-refractivity contribution in [3.05, 3.63) is 59.2 Å². The highest BCUT2D eigenvalue weighted by atomic mass is 16.5. The Morgan fingerprint density at radius 1 is 1.17 bits per heavy atom. The van der Waals surface area contributed by atoms with Crippen molar-refractivity contribution in [1.29, 1.82) is 0 Å². The monoisotopic (exact) mass is 327 g/mol. The molecule has 0 atom stereocenters. The smallest absolute Gasteiger partial charge is 0.335 e. The first-order valence-corrected chi connectivity index (χ1v) is 7.31. The Hall–Kier alpha value is -3.15. The number of aldehydes is 1. The molecule has 6 heteroatoms. The molecular weight excluding hydrogens is 310 g/mol. The van der Waals surface area contributed by atoms with Crippen molar-refractivity contribution in [2.45, 2.75) is 13.3 Å². The molecule has 0 saturated carbocycles. The van der Waals surface area contributed by atoms with Crippen LogP contribution in [0.3, 0.4) is 0 Å². The van der Waals surface area contributed by atoms with Crippen molar-refractivity contribution in [1.82, 2.24) is 0 Å². The van der Waals surface area contributed by atoms with Crippen molar-refractivity contribution >= 4 is 23.9 Å². The van der Waals surface area contributed by atoms with Gasteiger partial charge in [0.15, 0.2) is 0 Å². The Balaban J connectivity index is 1.88. The fourth-order valence-corrected chi connectivity index (χ4v) is 2.01. The van der Waals surface area contributed by atoms with Gasteiger partial charge in [0.2, 0.25) is 5.91 Å². The number of amides is 1. The molecule has 0 radical (unpaired) electrons. The molecule has 24 heavy (non-hydrogen) atoms. The molecule has 2 N–H and O–H groups in total. The highest BCUT2D eigenvalue weighted by Crippen LogP contribution is 2.17. The average molecular weight is 327 g/mol. The van der Waals surface area contributed by atoms with Gasteiger partial charge in [-0.2, -0.15) is 0 Å². The normalized spacial score (nSPS) is 10.0. The van der Waals surface area contributed by atoms with Crippen LogP contribution in [0.15, 0.2) is 42.5 Å². The summed E-state index contributed by atoms with van der Waals surface area (Å²) in [6.45, 7) is 1.95. The lowest BCUT2D eigenvalue weighted by molar-refractivity contribution is -0.116. The van der Waals surface area contributed by atoms with E-state index in [1.165, 1.54) is 12.1 Å². The highest BCUT2D eigenvalue weighted by Gasteiger charge is 2.09. The predicted octanol–water partition coefficient (Wildman–Crippen LogP) is 2.91. The van der Waals surface area contributed by atoms with Crippen molar-refractivity contribution in [3.63, 3.8) is 0 Å². The molecule has 2 rings (SSSR count). The second-order valence-corrected chi connectivity index (χ2v) is 5.17. The van der Waals surface area contributed by atoms with E-state index >= 15 is 0 Å². The Kier molecular flexibility index (Phi) is 5.68. The number of aryl methyl sites for hydroxylation is 1. The lowest BCUT2D eigenvalue weighted by Crippen LogP contribution is -2.16. The van der Waals surface area contributed by atoms with Crippen LogP contribution in [0.2, 0.25) is 0 Å². The summed E-state index contributed by atoms with van der Waals surface area (Å²) in [4.78, 5) is 33.5. The summed E-state index contributed by atoms with van der Waals surface area (Å²) in [5, 5.41) is 11.7. The molecule has 0 aromatic heterocycles. The number of ether oxygens (including phenoxy) is 1. The minimum absolute atomic E-state index is 0.113. The van der Waals surface area contributed by atoms with E-state index < -0.39 is 5.97 Å². The summed E-state index contributed by atoms with van der Waals surface area (Å²) in [7, 11) is 0. The van der Waals surface area contributed by atoms with Gasteiger partial charge < -0.3 is 15.2 Å². The number of carbonyl (C=O) groups excluding carboxylic acids is 2. The molecule has 6 nitrogen and oxygen atoms in total. The van der Waals surface area contributed by atoms with Crippen LogP contribution in [0.5, 0.6) is 5.75 Å². The number of carboxylic acid groups (broad SMARTS) is 1. The number of hydrogen-bond acceptors (Lipinski definition) is 4. The Morgan fingerprint density at radius 2 is 1.88 bits per heavy atom. The Bertz CT molecular complexity index is 753. The average Bonchev–Trinajstić information content (AvgIpc) is 2.57. The van der Waals surface area contributed by atoms with E-state index in [1.54, 1.807) is 37.3 Å². The zero-order valence-corrected chi connectivity index (χ0v) is 13.1. The maximum absolute atomic E-state index is 12.0. The van der Waals surface area contributed by atoms with Crippen LogP contribution in [0.25, 0.3) is 0 Å². The van der Waals surface area contributed by atoms with Gasteiger partial charge in [0.05, 0.1) is 18.6 Å². The molecule has 2 aromatic rings. The second-order valence-electron chi connectivity index (χ2n) is 5.17. The second kappa shape index (κ2) is 7.92. The number of anilines is 1. The molecule has 0 heterocycles. The lowest BCUT2D eigenvalue weighted by Gasteiger charge is -2.10. The van der Waals surface area contributed by atoms with Gasteiger partial charge >= 0.3 is 5.97 Å². The molecule has 0 aliphatic rings. The third kappa shape index (κ3) is 4.67. The first-order valence-electron chi connectivity index (χ1n) is 7.31. The standard InChI is InChI=1S/C18H17NO5/c1-12-2-5-14(18(22)23)10-16(12)19-17(21)8-9-24-15-6-3-13(11-20)4-7-15/h2-7,10-11H,8-9H2,1H3,(H,19,21)(H,22,23). The van der Waals surface area contributed by atoms with Crippen molar-refractivity contribution < 1.29 is 24.2 Å². The first-order chi connectivity index (χ1) is 11.5. The third-order valence-electron chi connectivity index (χ3n) is 3.37. The number of rotatable bonds is 7. The summed E-state index contributed by atoms with van der Waals surface area (Å²) in [5.41, 5.74) is 1.91. The van der Waals surface area contributed by atoms with E-state index in [4.69, 9.17) is 9.84 Å². The molecule has 0 spiro atoms. The fourth-order valence-electron chi connectivity index (χ4n) is 2.01. The quantitative estimate of drug-likeness (QED) is 0.763. The summed E-state index contributed by atoms with van der Waals surface area (Å²) in [6.07, 6.45) is 0.858. The molecule has 2 aromatic carbocycles. The zero-order valence-electron chi connectivity index (χ0n) is 13.1. The van der Waals surface area contributed by atoms with Crippen LogP contribution >= 0.6 is 0 Å². The summed E-state index contributed by atoms with van der Waals surface area (Å²) in [6, 6.07) is 11.1. The Labute approximate surface area is 139 Å². The van der Waals surface area contributed by atoms with Gasteiger partial charge in [-0.05, 0) is 48.9 Å². The van der Waals surface area contributed by atoms with Gasteiger partial charge in [0, 0.05) is 11.3 Å². The molecule has 0 fully saturated rings. The van der Waals surface area contributed by atoms with Crippen LogP contribution in [0.4, 0.5) is 5.69 Å². The molecule has 124 valence electrons. The third-order valence-corrected chi connectivity index (χ3v) is 3.37. The predicted molar refractivity (Wildman–Crippen MR) is 88.7 cm³/mol. The van der Waals surface area contributed by atoms with Gasteiger partial charge in [0.25, 0.3) is 0 Å². The lowest BCUT2D eigenvalue weighted by atomic mass is 10.1. The van der Waals surface area contributed by atoms with Crippen molar-refractivity contribution in [3.8, 4) is 5.75 Å². The molecule has 0 aliphatic carbocycles. The molecule has 0 aliphatic heterocycles. The van der Waals surface area contributed by atoms with Gasteiger partial charge in [0.1, 0.15) is 12.0 Å². The minimum atomic E-state index is -1.05. The topological polar surface area (TPSA) is 92.7 Å². The summed E-state index contributed by atoms with van der Waals surface area (Å²) in [5.74, 6) is -0.754. The number of benzene rings is 2. The number of nitrogens with one attached hydrogen (secondary N) is 1. The van der Waals surface area contributed by atoms with E-state index in [-0.39, 0.29) is 24.5 Å². The van der Waals surface area contributed by atoms with Crippen LogP contribution < -0.4 is 10.1 Å². The number of carboxylic acids is 1. The van der Waals surface area contributed by atoms with E-state index in [0.717, 1.165) is 11.8 Å². The molecular formula is C18H17NO5. The highest BCUT2D eigenvalue weighted by molar-refractivity contribution is 5.94. The van der Waals surface area contributed by atoms with E-state index in [9.17, 15) is 14.4 Å². The SMILES string of the molecule is Cc1ccc(C(=O)O)cc1NC(=O)CCOc1ccc(C=O)cc1. The van der Waals surface area contributed by atoms with Crippen LogP contribution in [-0.2, 0) is 4.79 Å². The van der Waals surface area contributed by atoms with Crippen LogP contribution in [0.1, 0.15) is 32.7 Å². The minimum Gasteiger partial charge on any atom is -0.493 e. The largest absolute Gasteiger partial charge is 0.493 e. The summed E-state index contributed by atoms with van der Waals surface area (Å²) >= 11 is 0. The number of aromatic carboxylic acids is 1. The van der Waals surface area contributed by atoms with Gasteiger partial charge in [-0.25, -0.2) is 4.79 Å². The van der Waals surface area contributed by atoms with Crippen molar-refractivity contribution in [2.24, 2.45) is 0 Å².